The highest BCUT2D eigenvalue weighted by Crippen LogP contribution is 2.02. The molecule has 0 aromatic rings. The van der Waals surface area contributed by atoms with Crippen LogP contribution in [0, 0.1) is 11.8 Å². The van der Waals surface area contributed by atoms with Gasteiger partial charge in [-0.3, -0.25) is 0 Å². The molecule has 0 aliphatic heterocycles. The third kappa shape index (κ3) is 11.3. The second-order valence-corrected chi connectivity index (χ2v) is 3.00. The number of hydrogen-bond donors (Lipinski definition) is 1. The van der Waals surface area contributed by atoms with Crippen LogP contribution in [-0.4, -0.2) is 11.7 Å². The van der Waals surface area contributed by atoms with Gasteiger partial charge in [0, 0.05) is 13.0 Å². The third-order valence-corrected chi connectivity index (χ3v) is 1.76. The van der Waals surface area contributed by atoms with Crippen molar-refractivity contribution in [2.24, 2.45) is 0 Å². The Morgan fingerprint density at radius 2 is 1.92 bits per heavy atom. The molecule has 0 rings (SSSR count). The van der Waals surface area contributed by atoms with E-state index >= 15 is 0 Å². The molecule has 0 saturated carbocycles. The fraction of sp³-hybridized carbons (Fsp3) is 0.667. The first kappa shape index (κ1) is 12.3. The number of rotatable bonds is 6. The van der Waals surface area contributed by atoms with Gasteiger partial charge in [0.2, 0.25) is 0 Å². The lowest BCUT2D eigenvalue weighted by Crippen LogP contribution is -1.82. The topological polar surface area (TPSA) is 20.2 Å². The molecule has 0 atom stereocenters. The minimum Gasteiger partial charge on any atom is -0.396 e. The Morgan fingerprint density at radius 3 is 2.62 bits per heavy atom. The summed E-state index contributed by atoms with van der Waals surface area (Å²) in [4.78, 5) is 0. The highest BCUT2D eigenvalue weighted by atomic mass is 16.2. The zero-order chi connectivity index (χ0) is 9.78. The smallest absolute Gasteiger partial charge is 0.0431 e. The highest BCUT2D eigenvalue weighted by molar-refractivity contribution is 5.14. The van der Waals surface area contributed by atoms with Crippen LogP contribution in [-0.2, 0) is 0 Å². The molecule has 0 spiro atoms. The van der Waals surface area contributed by atoms with E-state index in [1.807, 2.05) is 6.08 Å². The summed E-state index contributed by atoms with van der Waals surface area (Å²) in [5.74, 6) is 5.96. The molecule has 0 unspecified atom stereocenters. The monoisotopic (exact) mass is 180 g/mol. The molecule has 1 heteroatoms. The molecule has 1 N–H and O–H groups in total. The van der Waals surface area contributed by atoms with E-state index in [0.29, 0.717) is 6.61 Å². The molecular weight excluding hydrogens is 160 g/mol. The number of aliphatic hydroxyl groups excluding tert-OH is 1. The van der Waals surface area contributed by atoms with E-state index in [2.05, 4.69) is 24.8 Å². The summed E-state index contributed by atoms with van der Waals surface area (Å²) >= 11 is 0. The molecule has 0 saturated heterocycles. The van der Waals surface area contributed by atoms with Crippen molar-refractivity contribution in [3.8, 4) is 11.8 Å². The van der Waals surface area contributed by atoms with E-state index in [1.165, 1.54) is 12.8 Å². The van der Waals surface area contributed by atoms with Crippen molar-refractivity contribution in [3.05, 3.63) is 12.2 Å². The van der Waals surface area contributed by atoms with Crippen LogP contribution in [0.25, 0.3) is 0 Å². The molecule has 0 fully saturated rings. The van der Waals surface area contributed by atoms with E-state index in [-0.39, 0.29) is 0 Å². The van der Waals surface area contributed by atoms with Crippen molar-refractivity contribution in [1.29, 1.82) is 0 Å². The van der Waals surface area contributed by atoms with Crippen molar-refractivity contribution in [1.82, 2.24) is 0 Å². The first-order valence-corrected chi connectivity index (χ1v) is 5.16. The van der Waals surface area contributed by atoms with Crippen LogP contribution in [0.4, 0.5) is 0 Å². The molecule has 0 aliphatic carbocycles. The molecule has 0 aromatic heterocycles. The molecule has 0 amide bonds. The molecule has 0 heterocycles. The van der Waals surface area contributed by atoms with E-state index in [1.54, 1.807) is 0 Å². The predicted octanol–water partition coefficient (Wildman–Crippen LogP) is 2.90. The Kier molecular flexibility index (Phi) is 10.6. The lowest BCUT2D eigenvalue weighted by atomic mass is 10.1. The standard InChI is InChI=1S/C12H20O/c1-2-3-4-5-6-7-8-9-10-11-12-13/h5-6,13H,2,7-12H2,1H3. The SMILES string of the molecule is CCC#CC=CCCCCCCO. The van der Waals surface area contributed by atoms with Crippen LogP contribution in [0.1, 0.15) is 45.4 Å². The van der Waals surface area contributed by atoms with Gasteiger partial charge in [0.1, 0.15) is 0 Å². The van der Waals surface area contributed by atoms with Crippen molar-refractivity contribution in [2.75, 3.05) is 6.61 Å². The average molecular weight is 180 g/mol. The van der Waals surface area contributed by atoms with Gasteiger partial charge in [-0.25, -0.2) is 0 Å². The Morgan fingerprint density at radius 1 is 1.15 bits per heavy atom. The van der Waals surface area contributed by atoms with Crippen LogP contribution in [0.3, 0.4) is 0 Å². The maximum absolute atomic E-state index is 8.53. The number of allylic oxidation sites excluding steroid dienone is 2. The minimum absolute atomic E-state index is 0.331. The van der Waals surface area contributed by atoms with E-state index in [0.717, 1.165) is 25.7 Å². The summed E-state index contributed by atoms with van der Waals surface area (Å²) in [6.45, 7) is 2.38. The zero-order valence-corrected chi connectivity index (χ0v) is 8.55. The van der Waals surface area contributed by atoms with Gasteiger partial charge in [0.25, 0.3) is 0 Å². The lowest BCUT2D eigenvalue weighted by Gasteiger charge is -1.94. The molecule has 13 heavy (non-hydrogen) atoms. The van der Waals surface area contributed by atoms with Gasteiger partial charge in [-0.2, -0.15) is 0 Å². The van der Waals surface area contributed by atoms with Crippen molar-refractivity contribution < 1.29 is 5.11 Å². The zero-order valence-electron chi connectivity index (χ0n) is 8.55. The maximum atomic E-state index is 8.53. The average Bonchev–Trinajstić information content (AvgIpc) is 2.16. The van der Waals surface area contributed by atoms with E-state index < -0.39 is 0 Å². The fourth-order valence-electron chi connectivity index (χ4n) is 1.03. The van der Waals surface area contributed by atoms with Gasteiger partial charge in [0.05, 0.1) is 0 Å². The molecule has 74 valence electrons. The Hall–Kier alpha value is -0.740. The summed E-state index contributed by atoms with van der Waals surface area (Å²) in [6, 6.07) is 0. The lowest BCUT2D eigenvalue weighted by molar-refractivity contribution is 0.282. The minimum atomic E-state index is 0.331. The van der Waals surface area contributed by atoms with Crippen LogP contribution in [0.15, 0.2) is 12.2 Å². The normalized spacial score (nSPS) is 10.0. The van der Waals surface area contributed by atoms with E-state index in [4.69, 9.17) is 5.11 Å². The first-order valence-electron chi connectivity index (χ1n) is 5.16. The summed E-state index contributed by atoms with van der Waals surface area (Å²) in [6.07, 6.45) is 10.6. The second-order valence-electron chi connectivity index (χ2n) is 3.00. The Balaban J connectivity index is 3.11. The highest BCUT2D eigenvalue weighted by Gasteiger charge is 1.85. The number of aliphatic hydroxyl groups is 1. The number of unbranched alkanes of at least 4 members (excludes halogenated alkanes) is 4. The van der Waals surface area contributed by atoms with Gasteiger partial charge < -0.3 is 5.11 Å². The molecule has 0 aromatic carbocycles. The molecule has 1 nitrogen and oxygen atoms in total. The van der Waals surface area contributed by atoms with Crippen molar-refractivity contribution >= 4 is 0 Å². The maximum Gasteiger partial charge on any atom is 0.0431 e. The largest absolute Gasteiger partial charge is 0.396 e. The van der Waals surface area contributed by atoms with Crippen molar-refractivity contribution in [3.63, 3.8) is 0 Å². The first-order chi connectivity index (χ1) is 6.41. The number of hydrogen-bond acceptors (Lipinski definition) is 1. The van der Waals surface area contributed by atoms with Gasteiger partial charge in [-0.1, -0.05) is 37.7 Å². The van der Waals surface area contributed by atoms with Crippen LogP contribution in [0.5, 0.6) is 0 Å². The van der Waals surface area contributed by atoms with Crippen LogP contribution >= 0.6 is 0 Å². The van der Waals surface area contributed by atoms with E-state index in [9.17, 15) is 0 Å². The Labute approximate surface area is 81.9 Å². The van der Waals surface area contributed by atoms with Crippen LogP contribution in [0.2, 0.25) is 0 Å². The summed E-state index contributed by atoms with van der Waals surface area (Å²) in [7, 11) is 0. The van der Waals surface area contributed by atoms with Gasteiger partial charge in [0.15, 0.2) is 0 Å². The molecule has 0 radical (unpaired) electrons. The van der Waals surface area contributed by atoms with Gasteiger partial charge in [-0.05, 0) is 25.3 Å². The van der Waals surface area contributed by atoms with Gasteiger partial charge in [-0.15, -0.1) is 0 Å². The second kappa shape index (κ2) is 11.3. The summed E-state index contributed by atoms with van der Waals surface area (Å²) in [5.41, 5.74) is 0. The quantitative estimate of drug-likeness (QED) is 0.492. The molecular formula is C12H20O. The molecule has 0 bridgehead atoms. The van der Waals surface area contributed by atoms with Crippen molar-refractivity contribution in [2.45, 2.75) is 45.4 Å². The third-order valence-electron chi connectivity index (χ3n) is 1.76. The predicted molar refractivity (Wildman–Crippen MR) is 57.4 cm³/mol. The van der Waals surface area contributed by atoms with Crippen LogP contribution < -0.4 is 0 Å². The van der Waals surface area contributed by atoms with Gasteiger partial charge >= 0.3 is 0 Å². The molecule has 0 aliphatic rings. The summed E-state index contributed by atoms with van der Waals surface area (Å²) < 4.78 is 0. The fourth-order valence-corrected chi connectivity index (χ4v) is 1.03. The summed E-state index contributed by atoms with van der Waals surface area (Å²) in [5, 5.41) is 8.53. The Bertz CT molecular complexity index is 171.